The minimum atomic E-state index is -0.124. The Morgan fingerprint density at radius 3 is 2.45 bits per heavy atom. The van der Waals surface area contributed by atoms with Crippen molar-refractivity contribution in [2.75, 3.05) is 16.8 Å². The predicted molar refractivity (Wildman–Crippen MR) is 118 cm³/mol. The van der Waals surface area contributed by atoms with Crippen molar-refractivity contribution in [3.05, 3.63) is 66.4 Å². The first-order chi connectivity index (χ1) is 13.8. The highest BCUT2D eigenvalue weighted by molar-refractivity contribution is 6.02. The highest BCUT2D eigenvalue weighted by Gasteiger charge is 2.20. The van der Waals surface area contributed by atoms with E-state index < -0.39 is 0 Å². The van der Waals surface area contributed by atoms with Gasteiger partial charge in [0.05, 0.1) is 11.2 Å². The van der Waals surface area contributed by atoms with Crippen molar-refractivity contribution in [1.82, 2.24) is 4.98 Å². The van der Waals surface area contributed by atoms with Crippen LogP contribution in [-0.4, -0.2) is 23.3 Å². The summed E-state index contributed by atoms with van der Waals surface area (Å²) in [5.74, 6) is -0.243. The largest absolute Gasteiger partial charge is 0.326 e. The number of benzene rings is 2. The summed E-state index contributed by atoms with van der Waals surface area (Å²) in [5.41, 5.74) is 3.28. The van der Waals surface area contributed by atoms with Crippen molar-refractivity contribution in [1.29, 1.82) is 0 Å². The molecular weight excluding hydrogens is 362 g/mol. The molecule has 1 heterocycles. The Balaban J connectivity index is 1.77. The third kappa shape index (κ3) is 4.80. The zero-order chi connectivity index (χ0) is 21.0. The summed E-state index contributed by atoms with van der Waals surface area (Å²) in [6.45, 7) is 8.14. The number of nitrogens with zero attached hydrogens (tertiary/aromatic N) is 2. The molecular formula is C24H27N3O2. The molecule has 5 heteroatoms. The second kappa shape index (κ2) is 8.43. The van der Waals surface area contributed by atoms with Crippen molar-refractivity contribution < 1.29 is 9.59 Å². The molecule has 0 bridgehead atoms. The Morgan fingerprint density at radius 1 is 1.00 bits per heavy atom. The van der Waals surface area contributed by atoms with Crippen LogP contribution in [0.5, 0.6) is 0 Å². The maximum atomic E-state index is 12.6. The zero-order valence-corrected chi connectivity index (χ0v) is 17.4. The Labute approximate surface area is 171 Å². The number of rotatable bonds is 5. The number of carbonyl (C=O) groups excluding carboxylic acids is 2. The van der Waals surface area contributed by atoms with Gasteiger partial charge in [0, 0.05) is 37.2 Å². The summed E-state index contributed by atoms with van der Waals surface area (Å²) in [6, 6.07) is 17.4. The number of amides is 2. The van der Waals surface area contributed by atoms with Gasteiger partial charge in [0.1, 0.15) is 0 Å². The van der Waals surface area contributed by atoms with Gasteiger partial charge < -0.3 is 10.2 Å². The minimum Gasteiger partial charge on any atom is -0.326 e. The number of hydrogen-bond acceptors (Lipinski definition) is 3. The highest BCUT2D eigenvalue weighted by Crippen LogP contribution is 2.29. The molecule has 0 saturated heterocycles. The molecule has 0 radical (unpaired) electrons. The van der Waals surface area contributed by atoms with Crippen LogP contribution in [-0.2, 0) is 15.0 Å². The fourth-order valence-electron chi connectivity index (χ4n) is 3.43. The van der Waals surface area contributed by atoms with Gasteiger partial charge in [-0.2, -0.15) is 0 Å². The quantitative estimate of drug-likeness (QED) is 0.674. The molecule has 5 nitrogen and oxygen atoms in total. The number of para-hydroxylation sites is 2. The lowest BCUT2D eigenvalue weighted by molar-refractivity contribution is -0.117. The topological polar surface area (TPSA) is 62.3 Å². The number of nitrogens with one attached hydrogen (secondary N) is 1. The van der Waals surface area contributed by atoms with Crippen molar-refractivity contribution in [3.63, 3.8) is 0 Å². The molecule has 0 spiro atoms. The van der Waals surface area contributed by atoms with Gasteiger partial charge in [-0.05, 0) is 29.2 Å². The first-order valence-electron chi connectivity index (χ1n) is 9.78. The van der Waals surface area contributed by atoms with Gasteiger partial charge in [-0.15, -0.1) is 0 Å². The maximum absolute atomic E-state index is 12.6. The van der Waals surface area contributed by atoms with Crippen molar-refractivity contribution in [3.8, 4) is 0 Å². The predicted octanol–water partition coefficient (Wildman–Crippen LogP) is 4.91. The molecule has 2 amide bonds. The van der Waals surface area contributed by atoms with Crippen LogP contribution in [0.4, 0.5) is 11.4 Å². The first-order valence-corrected chi connectivity index (χ1v) is 9.78. The summed E-state index contributed by atoms with van der Waals surface area (Å²) in [7, 11) is 0. The van der Waals surface area contributed by atoms with E-state index in [0.717, 1.165) is 27.8 Å². The van der Waals surface area contributed by atoms with Gasteiger partial charge in [-0.3, -0.25) is 14.6 Å². The normalized spacial score (nSPS) is 11.3. The van der Waals surface area contributed by atoms with E-state index in [2.05, 4.69) is 31.1 Å². The van der Waals surface area contributed by atoms with Gasteiger partial charge in [0.25, 0.3) is 0 Å². The maximum Gasteiger partial charge on any atom is 0.226 e. The van der Waals surface area contributed by atoms with Crippen LogP contribution < -0.4 is 10.2 Å². The number of hydrogen-bond donors (Lipinski definition) is 1. The van der Waals surface area contributed by atoms with Gasteiger partial charge in [0.15, 0.2) is 0 Å². The summed E-state index contributed by atoms with van der Waals surface area (Å²) < 4.78 is 0. The van der Waals surface area contributed by atoms with Gasteiger partial charge in [-0.25, -0.2) is 0 Å². The van der Waals surface area contributed by atoms with Crippen molar-refractivity contribution in [2.45, 2.75) is 39.5 Å². The summed E-state index contributed by atoms with van der Waals surface area (Å²) in [4.78, 5) is 31.0. The second-order valence-electron chi connectivity index (χ2n) is 8.12. The number of pyridine rings is 1. The van der Waals surface area contributed by atoms with Crippen molar-refractivity contribution >= 4 is 34.1 Å². The Hall–Kier alpha value is -3.21. The minimum absolute atomic E-state index is 0.0794. The fourth-order valence-corrected chi connectivity index (χ4v) is 3.43. The van der Waals surface area contributed by atoms with Gasteiger partial charge >= 0.3 is 0 Å². The Kier molecular flexibility index (Phi) is 5.97. The molecule has 0 aliphatic rings. The SMILES string of the molecule is CC(=O)N(CCC(=O)Nc1ccccc1C(C)(C)C)c1cccc2cccnc12. The Morgan fingerprint density at radius 2 is 1.72 bits per heavy atom. The van der Waals surface area contributed by atoms with E-state index >= 15 is 0 Å². The molecule has 150 valence electrons. The first kappa shape index (κ1) is 20.5. The zero-order valence-electron chi connectivity index (χ0n) is 17.4. The summed E-state index contributed by atoms with van der Waals surface area (Å²) in [6.07, 6.45) is 1.90. The molecule has 2 aromatic carbocycles. The van der Waals surface area contributed by atoms with E-state index in [1.54, 1.807) is 11.1 Å². The van der Waals surface area contributed by atoms with E-state index in [1.165, 1.54) is 6.92 Å². The molecule has 29 heavy (non-hydrogen) atoms. The Bertz CT molecular complexity index is 1030. The number of aromatic nitrogens is 1. The average molecular weight is 389 g/mol. The molecule has 1 N–H and O–H groups in total. The van der Waals surface area contributed by atoms with Crippen LogP contribution in [0.3, 0.4) is 0 Å². The molecule has 0 saturated carbocycles. The third-order valence-electron chi connectivity index (χ3n) is 4.85. The van der Waals surface area contributed by atoms with E-state index in [1.807, 2.05) is 54.6 Å². The molecule has 0 unspecified atom stereocenters. The fraction of sp³-hybridized carbons (Fsp3) is 0.292. The third-order valence-corrected chi connectivity index (χ3v) is 4.85. The van der Waals surface area contributed by atoms with Crippen LogP contribution in [0, 0.1) is 0 Å². The molecule has 0 atom stereocenters. The number of carbonyl (C=O) groups is 2. The lowest BCUT2D eigenvalue weighted by Gasteiger charge is -2.24. The van der Waals surface area contributed by atoms with Crippen LogP contribution >= 0.6 is 0 Å². The molecule has 3 rings (SSSR count). The van der Waals surface area contributed by atoms with Crippen LogP contribution in [0.1, 0.15) is 39.7 Å². The van der Waals surface area contributed by atoms with Crippen LogP contribution in [0.2, 0.25) is 0 Å². The second-order valence-corrected chi connectivity index (χ2v) is 8.12. The summed E-state index contributed by atoms with van der Waals surface area (Å²) >= 11 is 0. The van der Waals surface area contributed by atoms with Crippen molar-refractivity contribution in [2.24, 2.45) is 0 Å². The average Bonchev–Trinajstić information content (AvgIpc) is 2.67. The summed E-state index contributed by atoms with van der Waals surface area (Å²) in [5, 5.41) is 3.97. The highest BCUT2D eigenvalue weighted by atomic mass is 16.2. The number of anilines is 2. The monoisotopic (exact) mass is 389 g/mol. The molecule has 1 aromatic heterocycles. The van der Waals surface area contributed by atoms with Gasteiger partial charge in [-0.1, -0.05) is 57.2 Å². The molecule has 3 aromatic rings. The van der Waals surface area contributed by atoms with E-state index in [0.29, 0.717) is 0 Å². The van der Waals surface area contributed by atoms with Gasteiger partial charge in [0.2, 0.25) is 11.8 Å². The van der Waals surface area contributed by atoms with Crippen LogP contribution in [0.25, 0.3) is 10.9 Å². The lowest BCUT2D eigenvalue weighted by atomic mass is 9.86. The van der Waals surface area contributed by atoms with E-state index in [-0.39, 0.29) is 30.2 Å². The molecule has 0 fully saturated rings. The lowest BCUT2D eigenvalue weighted by Crippen LogP contribution is -2.32. The number of fused-ring (bicyclic) bond motifs is 1. The molecule has 0 aliphatic carbocycles. The van der Waals surface area contributed by atoms with E-state index in [9.17, 15) is 9.59 Å². The van der Waals surface area contributed by atoms with E-state index in [4.69, 9.17) is 0 Å². The smallest absolute Gasteiger partial charge is 0.226 e. The molecule has 0 aliphatic heterocycles. The standard InChI is InChI=1S/C24H27N3O2/c1-17(28)27(21-13-7-9-18-10-8-15-25-23(18)21)16-14-22(29)26-20-12-6-5-11-19(20)24(2,3)4/h5-13,15H,14,16H2,1-4H3,(H,26,29). The van der Waals surface area contributed by atoms with Crippen LogP contribution in [0.15, 0.2) is 60.8 Å².